The molecule has 1 fully saturated rings. The molecule has 11 nitrogen and oxygen atoms in total. The van der Waals surface area contributed by atoms with Gasteiger partial charge in [-0.05, 0) is 77.6 Å². The van der Waals surface area contributed by atoms with Crippen LogP contribution in [-0.4, -0.2) is 100 Å². The Balaban J connectivity index is 1.95. The number of aliphatic hydroxyl groups is 5. The van der Waals surface area contributed by atoms with Gasteiger partial charge in [-0.2, -0.15) is 0 Å². The third-order valence-electron chi connectivity index (χ3n) is 15.2. The number of ether oxygens (including phenoxy) is 3. The van der Waals surface area contributed by atoms with Gasteiger partial charge in [0.25, 0.3) is 0 Å². The molecule has 0 aromatic rings. The van der Waals surface area contributed by atoms with Crippen molar-refractivity contribution in [3.05, 3.63) is 48.6 Å². The van der Waals surface area contributed by atoms with Gasteiger partial charge in [-0.3, -0.25) is 9.59 Å². The molecule has 1 aliphatic heterocycles. The fourth-order valence-corrected chi connectivity index (χ4v) is 10.1. The van der Waals surface area contributed by atoms with Crippen molar-refractivity contribution >= 4 is 11.9 Å². The van der Waals surface area contributed by atoms with Crippen molar-refractivity contribution in [3.8, 4) is 0 Å². The minimum atomic E-state index is -1.58. The lowest BCUT2D eigenvalue weighted by molar-refractivity contribution is -0.302. The van der Waals surface area contributed by atoms with E-state index < -0.39 is 49.5 Å². The van der Waals surface area contributed by atoms with E-state index >= 15 is 0 Å². The van der Waals surface area contributed by atoms with Crippen LogP contribution in [0.15, 0.2) is 48.6 Å². The first-order valence-corrected chi connectivity index (χ1v) is 32.4. The summed E-state index contributed by atoms with van der Waals surface area (Å²) < 4.78 is 16.7. The SMILES string of the molecule is C/C=C/CC/C=C/CC/C=C/C(O)C(COC1OC(CO)C(O)C(O)C1O)NC(=O)CCCCCCCCCCCCCCC/C=C\CCCCCCCCCCCCCCOC(=O)CCCCCCCCCCCCC. The Hall–Kier alpha value is -2.38. The van der Waals surface area contributed by atoms with Gasteiger partial charge in [0.1, 0.15) is 24.4 Å². The first-order chi connectivity index (χ1) is 37.7. The van der Waals surface area contributed by atoms with Gasteiger partial charge in [0.15, 0.2) is 6.29 Å². The Bertz CT molecular complexity index is 1420. The molecule has 0 aromatic heterocycles. The number of allylic oxidation sites excluding steroid dienone is 7. The second kappa shape index (κ2) is 55.5. The zero-order valence-electron chi connectivity index (χ0n) is 49.7. The van der Waals surface area contributed by atoms with E-state index in [-0.39, 0.29) is 18.5 Å². The molecule has 0 bridgehead atoms. The summed E-state index contributed by atoms with van der Waals surface area (Å²) in [6.07, 6.45) is 61.3. The number of nitrogens with one attached hydrogen (secondary N) is 1. The van der Waals surface area contributed by atoms with Gasteiger partial charge >= 0.3 is 5.97 Å². The molecule has 0 aromatic carbocycles. The van der Waals surface area contributed by atoms with Crippen LogP contribution in [-0.2, 0) is 23.8 Å². The molecule has 0 radical (unpaired) electrons. The van der Waals surface area contributed by atoms with Crippen LogP contribution in [0.3, 0.4) is 0 Å². The van der Waals surface area contributed by atoms with Crippen LogP contribution in [0.4, 0.5) is 0 Å². The number of carbonyl (C=O) groups is 2. The van der Waals surface area contributed by atoms with Gasteiger partial charge in [0.2, 0.25) is 5.91 Å². The normalized spacial score (nSPS) is 18.9. The Morgan fingerprint density at radius 3 is 1.36 bits per heavy atom. The second-order valence-corrected chi connectivity index (χ2v) is 22.5. The molecule has 1 aliphatic rings. The number of amides is 1. The first-order valence-electron chi connectivity index (χ1n) is 32.4. The molecule has 1 amide bonds. The lowest BCUT2D eigenvalue weighted by Crippen LogP contribution is -2.60. The Kier molecular flexibility index (Phi) is 52.4. The molecule has 1 heterocycles. The van der Waals surface area contributed by atoms with Crippen LogP contribution in [0.2, 0.25) is 0 Å². The number of aliphatic hydroxyl groups excluding tert-OH is 5. The lowest BCUT2D eigenvalue weighted by Gasteiger charge is -2.40. The Labute approximate surface area is 472 Å². The Morgan fingerprint density at radius 2 is 0.896 bits per heavy atom. The van der Waals surface area contributed by atoms with Crippen LogP contribution in [0, 0.1) is 0 Å². The maximum Gasteiger partial charge on any atom is 0.305 e. The average Bonchev–Trinajstić information content (AvgIpc) is 3.43. The van der Waals surface area contributed by atoms with Crippen molar-refractivity contribution in [2.24, 2.45) is 0 Å². The summed E-state index contributed by atoms with van der Waals surface area (Å²) in [6, 6.07) is -0.833. The number of unbranched alkanes of at least 4 members (excludes halogenated alkanes) is 37. The number of esters is 1. The molecule has 7 unspecified atom stereocenters. The van der Waals surface area contributed by atoms with E-state index in [2.05, 4.69) is 42.6 Å². The van der Waals surface area contributed by atoms with E-state index in [4.69, 9.17) is 14.2 Å². The molecule has 1 saturated heterocycles. The summed E-state index contributed by atoms with van der Waals surface area (Å²) in [4.78, 5) is 25.0. The molecular weight excluding hydrogens is 967 g/mol. The van der Waals surface area contributed by atoms with Crippen LogP contribution in [0.25, 0.3) is 0 Å². The first kappa shape index (κ1) is 72.6. The molecule has 0 aliphatic carbocycles. The van der Waals surface area contributed by atoms with E-state index in [1.54, 1.807) is 6.08 Å². The molecule has 0 spiro atoms. The van der Waals surface area contributed by atoms with Crippen molar-refractivity contribution in [1.29, 1.82) is 0 Å². The van der Waals surface area contributed by atoms with Gasteiger partial charge in [-0.1, -0.05) is 255 Å². The second-order valence-electron chi connectivity index (χ2n) is 22.5. The number of hydrogen-bond donors (Lipinski definition) is 6. The summed E-state index contributed by atoms with van der Waals surface area (Å²) in [5.41, 5.74) is 0. The highest BCUT2D eigenvalue weighted by molar-refractivity contribution is 5.76. The Morgan fingerprint density at radius 1 is 0.494 bits per heavy atom. The third-order valence-corrected chi connectivity index (χ3v) is 15.2. The van der Waals surface area contributed by atoms with Crippen LogP contribution in [0.5, 0.6) is 0 Å². The summed E-state index contributed by atoms with van der Waals surface area (Å²) in [5, 5.41) is 54.2. The zero-order chi connectivity index (χ0) is 55.9. The maximum atomic E-state index is 13.0. The molecular formula is C66H121NO10. The maximum absolute atomic E-state index is 13.0. The quantitative estimate of drug-likeness (QED) is 0.0195. The lowest BCUT2D eigenvalue weighted by atomic mass is 9.99. The van der Waals surface area contributed by atoms with E-state index in [9.17, 15) is 35.1 Å². The summed E-state index contributed by atoms with van der Waals surface area (Å²) >= 11 is 0. The molecule has 77 heavy (non-hydrogen) atoms. The van der Waals surface area contributed by atoms with Crippen molar-refractivity contribution in [3.63, 3.8) is 0 Å². The predicted molar refractivity (Wildman–Crippen MR) is 320 cm³/mol. The molecule has 1 rings (SSSR count). The average molecular weight is 1090 g/mol. The molecule has 6 N–H and O–H groups in total. The molecule has 450 valence electrons. The fraction of sp³-hybridized carbons (Fsp3) is 0.848. The van der Waals surface area contributed by atoms with Crippen LogP contribution in [0.1, 0.15) is 296 Å². The summed E-state index contributed by atoms with van der Waals surface area (Å²) in [7, 11) is 0. The number of hydrogen-bond acceptors (Lipinski definition) is 10. The third kappa shape index (κ3) is 45.0. The topological polar surface area (TPSA) is 175 Å². The van der Waals surface area contributed by atoms with Gasteiger partial charge in [-0.15, -0.1) is 0 Å². The highest BCUT2D eigenvalue weighted by atomic mass is 16.7. The van der Waals surface area contributed by atoms with E-state index in [1.165, 1.54) is 205 Å². The minimum absolute atomic E-state index is 0.00668. The van der Waals surface area contributed by atoms with E-state index in [1.807, 2.05) is 19.1 Å². The van der Waals surface area contributed by atoms with Gasteiger partial charge in [0, 0.05) is 12.8 Å². The minimum Gasteiger partial charge on any atom is -0.466 e. The fourth-order valence-electron chi connectivity index (χ4n) is 10.1. The van der Waals surface area contributed by atoms with E-state index in [0.717, 1.165) is 64.2 Å². The summed E-state index contributed by atoms with van der Waals surface area (Å²) in [5.74, 6) is -0.192. The zero-order valence-corrected chi connectivity index (χ0v) is 49.7. The monoisotopic (exact) mass is 1090 g/mol. The van der Waals surface area contributed by atoms with Gasteiger partial charge < -0.3 is 45.1 Å². The van der Waals surface area contributed by atoms with Gasteiger partial charge in [-0.25, -0.2) is 0 Å². The highest BCUT2D eigenvalue weighted by Gasteiger charge is 2.44. The largest absolute Gasteiger partial charge is 0.466 e. The smallest absolute Gasteiger partial charge is 0.305 e. The van der Waals surface area contributed by atoms with Crippen LogP contribution < -0.4 is 5.32 Å². The van der Waals surface area contributed by atoms with Crippen LogP contribution >= 0.6 is 0 Å². The van der Waals surface area contributed by atoms with Crippen molar-refractivity contribution in [2.45, 2.75) is 339 Å². The summed E-state index contributed by atoms with van der Waals surface area (Å²) in [6.45, 7) is 4.10. The van der Waals surface area contributed by atoms with E-state index in [0.29, 0.717) is 19.4 Å². The highest BCUT2D eigenvalue weighted by Crippen LogP contribution is 2.23. The molecule has 11 heteroatoms. The molecule has 0 saturated carbocycles. The van der Waals surface area contributed by atoms with Crippen molar-refractivity contribution in [1.82, 2.24) is 5.32 Å². The molecule has 7 atom stereocenters. The standard InChI is InChI=1S/C66H121NO10/c1-3-5-7-9-11-13-33-38-42-46-50-54-62(71)75-55-51-47-43-39-35-32-30-28-26-24-22-20-18-16-14-15-17-19-21-23-25-27-29-31-34-37-41-45-49-53-61(70)67-58(59(69)52-48-44-40-36-12-10-8-6-4-2)57-76-66-65(74)64(73)63(72)60(56-68)77-66/h4,6,12,14,16,36,48,52,58-60,63-66,68-69,72-74H,3,5,7-11,13,15,17-35,37-47,49-51,53-57H2,1-2H3,(H,67,70)/b6-4+,16-14-,36-12+,52-48+. The number of rotatable bonds is 56. The number of carbonyl (C=O) groups excluding carboxylic acids is 2. The van der Waals surface area contributed by atoms with Crippen molar-refractivity contribution in [2.75, 3.05) is 19.8 Å². The van der Waals surface area contributed by atoms with Gasteiger partial charge in [0.05, 0.1) is 32.0 Å². The predicted octanol–water partition coefficient (Wildman–Crippen LogP) is 15.6. The van der Waals surface area contributed by atoms with Crippen molar-refractivity contribution < 1.29 is 49.3 Å².